The van der Waals surface area contributed by atoms with E-state index >= 15 is 0 Å². The predicted octanol–water partition coefficient (Wildman–Crippen LogP) is 1.04. The molecule has 2 N–H and O–H groups in total. The number of hydrogen-bond acceptors (Lipinski definition) is 4. The smallest absolute Gasteiger partial charge is 0.248 e. The minimum absolute atomic E-state index is 0.265. The van der Waals surface area contributed by atoms with E-state index < -0.39 is 12.0 Å². The highest BCUT2D eigenvalue weighted by Crippen LogP contribution is 2.25. The molecule has 3 rings (SSSR count). The predicted molar refractivity (Wildman–Crippen MR) is 84.9 cm³/mol. The lowest BCUT2D eigenvalue weighted by molar-refractivity contribution is -0.129. The maximum atomic E-state index is 11.5. The van der Waals surface area contributed by atoms with Gasteiger partial charge in [0.25, 0.3) is 0 Å². The number of carbonyl (C=O) groups is 1. The van der Waals surface area contributed by atoms with Crippen molar-refractivity contribution in [3.63, 3.8) is 0 Å². The highest BCUT2D eigenvalue weighted by molar-refractivity contribution is 5.79. The maximum Gasteiger partial charge on any atom is 0.248 e. The summed E-state index contributed by atoms with van der Waals surface area (Å²) >= 11 is 0. The first-order valence-corrected chi connectivity index (χ1v) is 7.81. The van der Waals surface area contributed by atoms with Crippen LogP contribution in [0.2, 0.25) is 0 Å². The van der Waals surface area contributed by atoms with E-state index in [4.69, 9.17) is 4.74 Å². The quantitative estimate of drug-likeness (QED) is 0.864. The van der Waals surface area contributed by atoms with Crippen molar-refractivity contribution in [2.24, 2.45) is 0 Å². The van der Waals surface area contributed by atoms with Crippen LogP contribution in [0.5, 0.6) is 0 Å². The van der Waals surface area contributed by atoms with Crippen molar-refractivity contribution in [2.45, 2.75) is 32.1 Å². The molecule has 0 radical (unpaired) electrons. The van der Waals surface area contributed by atoms with Crippen molar-refractivity contribution < 1.29 is 14.6 Å². The van der Waals surface area contributed by atoms with Crippen molar-refractivity contribution >= 4 is 5.91 Å². The van der Waals surface area contributed by atoms with E-state index in [9.17, 15) is 9.90 Å². The lowest BCUT2D eigenvalue weighted by atomic mass is 10.1. The molecule has 1 aliphatic rings. The SMILES string of the molecule is C[C@@H](O)C(=O)NC[C@@H]1OCCc2cn(Cc3ccccc3)nc21. The number of fused-ring (bicyclic) bond motifs is 1. The van der Waals surface area contributed by atoms with Crippen molar-refractivity contribution in [3.05, 3.63) is 53.3 Å². The van der Waals surface area contributed by atoms with Crippen LogP contribution in [0.15, 0.2) is 36.5 Å². The van der Waals surface area contributed by atoms with Crippen LogP contribution < -0.4 is 5.32 Å². The van der Waals surface area contributed by atoms with Gasteiger partial charge in [0.2, 0.25) is 5.91 Å². The zero-order valence-corrected chi connectivity index (χ0v) is 13.1. The lowest BCUT2D eigenvalue weighted by Crippen LogP contribution is -2.37. The Bertz CT molecular complexity index is 667. The van der Waals surface area contributed by atoms with Gasteiger partial charge in [-0.2, -0.15) is 5.10 Å². The number of nitrogens with zero attached hydrogens (tertiary/aromatic N) is 2. The molecule has 0 fully saturated rings. The van der Waals surface area contributed by atoms with Crippen LogP contribution in [-0.4, -0.2) is 40.0 Å². The van der Waals surface area contributed by atoms with Gasteiger partial charge < -0.3 is 15.2 Å². The molecular weight excluding hydrogens is 294 g/mol. The van der Waals surface area contributed by atoms with Gasteiger partial charge in [0.05, 0.1) is 18.8 Å². The molecule has 2 atom stereocenters. The fraction of sp³-hybridized carbons (Fsp3) is 0.412. The van der Waals surface area contributed by atoms with Gasteiger partial charge in [-0.3, -0.25) is 9.48 Å². The number of amides is 1. The van der Waals surface area contributed by atoms with Gasteiger partial charge >= 0.3 is 0 Å². The summed E-state index contributed by atoms with van der Waals surface area (Å²) in [5.74, 6) is -0.399. The number of rotatable bonds is 5. The fourth-order valence-electron chi connectivity index (χ4n) is 2.68. The molecule has 1 aromatic heterocycles. The van der Waals surface area contributed by atoms with Gasteiger partial charge in [0.1, 0.15) is 12.2 Å². The average Bonchev–Trinajstić information content (AvgIpc) is 2.96. The van der Waals surface area contributed by atoms with Crippen LogP contribution in [0, 0.1) is 0 Å². The molecule has 23 heavy (non-hydrogen) atoms. The molecule has 0 bridgehead atoms. The molecule has 2 aromatic rings. The van der Waals surface area contributed by atoms with Crippen molar-refractivity contribution in [2.75, 3.05) is 13.2 Å². The number of aromatic nitrogens is 2. The van der Waals surface area contributed by atoms with Gasteiger partial charge in [-0.15, -0.1) is 0 Å². The van der Waals surface area contributed by atoms with E-state index in [-0.39, 0.29) is 6.10 Å². The van der Waals surface area contributed by atoms with Gasteiger partial charge in [0, 0.05) is 12.7 Å². The maximum absolute atomic E-state index is 11.5. The topological polar surface area (TPSA) is 76.4 Å². The van der Waals surface area contributed by atoms with Crippen molar-refractivity contribution in [1.29, 1.82) is 0 Å². The number of hydrogen-bond donors (Lipinski definition) is 2. The Morgan fingerprint density at radius 3 is 3.00 bits per heavy atom. The molecule has 1 aliphatic heterocycles. The third kappa shape index (κ3) is 3.78. The normalized spacial score (nSPS) is 18.3. The summed E-state index contributed by atoms with van der Waals surface area (Å²) in [5, 5.41) is 16.6. The monoisotopic (exact) mass is 315 g/mol. The second kappa shape index (κ2) is 6.93. The number of ether oxygens (including phenoxy) is 1. The van der Waals surface area contributed by atoms with Crippen LogP contribution >= 0.6 is 0 Å². The Kier molecular flexibility index (Phi) is 4.73. The number of nitrogens with one attached hydrogen (secondary N) is 1. The molecule has 0 saturated carbocycles. The Hall–Kier alpha value is -2.18. The largest absolute Gasteiger partial charge is 0.384 e. The molecule has 0 spiro atoms. The van der Waals surface area contributed by atoms with Crippen LogP contribution in [0.3, 0.4) is 0 Å². The van der Waals surface area contributed by atoms with E-state index in [1.165, 1.54) is 12.5 Å². The number of benzene rings is 1. The number of aliphatic hydroxyl groups is 1. The summed E-state index contributed by atoms with van der Waals surface area (Å²) in [4.78, 5) is 11.5. The number of carbonyl (C=O) groups excluding carboxylic acids is 1. The lowest BCUT2D eigenvalue weighted by Gasteiger charge is -2.22. The first-order chi connectivity index (χ1) is 11.1. The zero-order chi connectivity index (χ0) is 16.2. The van der Waals surface area contributed by atoms with Gasteiger partial charge in [-0.1, -0.05) is 30.3 Å². The molecule has 1 aromatic carbocycles. The van der Waals surface area contributed by atoms with E-state index in [1.54, 1.807) is 0 Å². The van der Waals surface area contributed by atoms with E-state index in [0.29, 0.717) is 19.7 Å². The van der Waals surface area contributed by atoms with Crippen LogP contribution in [0.25, 0.3) is 0 Å². The third-order valence-corrected chi connectivity index (χ3v) is 3.89. The highest BCUT2D eigenvalue weighted by Gasteiger charge is 2.25. The Labute approximate surface area is 135 Å². The van der Waals surface area contributed by atoms with Crippen molar-refractivity contribution in [1.82, 2.24) is 15.1 Å². The molecule has 6 nitrogen and oxygen atoms in total. The van der Waals surface area contributed by atoms with Crippen LogP contribution in [-0.2, 0) is 22.5 Å². The van der Waals surface area contributed by atoms with Gasteiger partial charge in [0.15, 0.2) is 0 Å². The minimum Gasteiger partial charge on any atom is -0.384 e. The third-order valence-electron chi connectivity index (χ3n) is 3.89. The zero-order valence-electron chi connectivity index (χ0n) is 13.1. The second-order valence-corrected chi connectivity index (χ2v) is 5.75. The molecule has 0 aliphatic carbocycles. The highest BCUT2D eigenvalue weighted by atomic mass is 16.5. The first-order valence-electron chi connectivity index (χ1n) is 7.81. The van der Waals surface area contributed by atoms with Crippen LogP contribution in [0.4, 0.5) is 0 Å². The van der Waals surface area contributed by atoms with E-state index in [1.807, 2.05) is 29.1 Å². The summed E-state index contributed by atoms with van der Waals surface area (Å²) < 4.78 is 7.64. The van der Waals surface area contributed by atoms with E-state index in [2.05, 4.69) is 22.5 Å². The summed E-state index contributed by atoms with van der Waals surface area (Å²) in [5.41, 5.74) is 3.22. The molecular formula is C17H21N3O3. The molecule has 0 saturated heterocycles. The molecule has 2 heterocycles. The second-order valence-electron chi connectivity index (χ2n) is 5.75. The Morgan fingerprint density at radius 2 is 2.26 bits per heavy atom. The first kappa shape index (κ1) is 15.7. The fourth-order valence-corrected chi connectivity index (χ4v) is 2.68. The molecule has 0 unspecified atom stereocenters. The number of aliphatic hydroxyl groups excluding tert-OH is 1. The van der Waals surface area contributed by atoms with Gasteiger partial charge in [-0.05, 0) is 24.5 Å². The molecule has 6 heteroatoms. The molecule has 1 amide bonds. The summed E-state index contributed by atoms with van der Waals surface area (Å²) in [6, 6.07) is 10.1. The standard InChI is InChI=1S/C17H21N3O3/c1-12(21)17(22)18-9-15-16-14(7-8-23-15)11-20(19-16)10-13-5-3-2-4-6-13/h2-6,11-12,15,21H,7-10H2,1H3,(H,18,22)/t12-,15+/m1/s1. The summed E-state index contributed by atoms with van der Waals surface area (Å²) in [6.07, 6.45) is 1.59. The van der Waals surface area contributed by atoms with Crippen molar-refractivity contribution in [3.8, 4) is 0 Å². The minimum atomic E-state index is -1.02. The van der Waals surface area contributed by atoms with Crippen LogP contribution in [0.1, 0.15) is 29.8 Å². The summed E-state index contributed by atoms with van der Waals surface area (Å²) in [7, 11) is 0. The van der Waals surface area contributed by atoms with E-state index in [0.717, 1.165) is 17.7 Å². The molecule has 122 valence electrons. The summed E-state index contributed by atoms with van der Waals surface area (Å²) in [6.45, 7) is 3.08. The Balaban J connectivity index is 1.70. The van der Waals surface area contributed by atoms with Gasteiger partial charge in [-0.25, -0.2) is 0 Å². The Morgan fingerprint density at radius 1 is 1.48 bits per heavy atom. The average molecular weight is 315 g/mol.